The first-order valence-electron chi connectivity index (χ1n) is 7.51. The minimum atomic E-state index is -0.395. The number of hydrogen-bond donors (Lipinski definition) is 0. The van der Waals surface area contributed by atoms with Crippen molar-refractivity contribution in [3.05, 3.63) is 48.3 Å². The van der Waals surface area contributed by atoms with Crippen LogP contribution in [0.2, 0.25) is 0 Å². The number of halogens is 1. The molecule has 4 nitrogen and oxygen atoms in total. The van der Waals surface area contributed by atoms with Gasteiger partial charge in [0.1, 0.15) is 17.7 Å². The summed E-state index contributed by atoms with van der Waals surface area (Å²) < 4.78 is 20.0. The van der Waals surface area contributed by atoms with E-state index in [1.165, 1.54) is 12.4 Å². The van der Waals surface area contributed by atoms with Crippen LogP contribution in [-0.2, 0) is 10.3 Å². The fraction of sp³-hybridized carbons (Fsp3) is 0.353. The number of benzene rings is 1. The lowest BCUT2D eigenvalue weighted by atomic mass is 9.81. The third-order valence-electron chi connectivity index (χ3n) is 4.50. The van der Waals surface area contributed by atoms with Gasteiger partial charge in [0.15, 0.2) is 0 Å². The zero-order valence-corrected chi connectivity index (χ0v) is 13.5. The van der Waals surface area contributed by atoms with Gasteiger partial charge in [-0.3, -0.25) is 4.99 Å². The second kappa shape index (κ2) is 5.69. The van der Waals surface area contributed by atoms with Crippen molar-refractivity contribution in [1.29, 1.82) is 0 Å². The maximum atomic E-state index is 14.3. The fourth-order valence-electron chi connectivity index (χ4n) is 3.29. The summed E-state index contributed by atoms with van der Waals surface area (Å²) in [6.45, 7) is 3.27. The molecule has 2 atom stereocenters. The van der Waals surface area contributed by atoms with Crippen molar-refractivity contribution < 1.29 is 9.13 Å². The molecule has 1 aromatic carbocycles. The molecule has 0 radical (unpaired) electrons. The van der Waals surface area contributed by atoms with Crippen LogP contribution >= 0.6 is 11.8 Å². The van der Waals surface area contributed by atoms with E-state index >= 15 is 0 Å². The Bertz CT molecular complexity index is 768. The Hall–Kier alpha value is -1.79. The van der Waals surface area contributed by atoms with Gasteiger partial charge in [-0.05, 0) is 24.6 Å². The molecule has 2 aliphatic heterocycles. The third kappa shape index (κ3) is 2.46. The summed E-state index contributed by atoms with van der Waals surface area (Å²) in [5.41, 5.74) is 1.78. The van der Waals surface area contributed by atoms with Gasteiger partial charge in [0, 0.05) is 35.2 Å². The van der Waals surface area contributed by atoms with Gasteiger partial charge in [0.05, 0.1) is 18.3 Å². The summed E-state index contributed by atoms with van der Waals surface area (Å²) in [7, 11) is 0. The molecule has 6 heteroatoms. The molecule has 1 fully saturated rings. The molecule has 0 amide bonds. The lowest BCUT2D eigenvalue weighted by Crippen LogP contribution is -2.37. The number of rotatable bonds is 2. The van der Waals surface area contributed by atoms with Gasteiger partial charge in [-0.15, -0.1) is 11.8 Å². The van der Waals surface area contributed by atoms with E-state index in [9.17, 15) is 4.39 Å². The number of ether oxygens (including phenoxy) is 1. The van der Waals surface area contributed by atoms with Crippen LogP contribution in [0.1, 0.15) is 12.5 Å². The van der Waals surface area contributed by atoms with Crippen molar-refractivity contribution in [2.45, 2.75) is 12.5 Å². The van der Waals surface area contributed by atoms with Crippen LogP contribution in [0.5, 0.6) is 0 Å². The molecule has 0 bridgehead atoms. The van der Waals surface area contributed by atoms with Crippen LogP contribution in [0.4, 0.5) is 4.39 Å². The Balaban J connectivity index is 1.85. The van der Waals surface area contributed by atoms with Crippen LogP contribution in [0.3, 0.4) is 0 Å². The van der Waals surface area contributed by atoms with E-state index in [1.54, 1.807) is 24.2 Å². The Morgan fingerprint density at radius 3 is 2.96 bits per heavy atom. The van der Waals surface area contributed by atoms with Gasteiger partial charge in [-0.25, -0.2) is 14.4 Å². The molecule has 0 saturated carbocycles. The molecular weight excluding hydrogens is 313 g/mol. The highest BCUT2D eigenvalue weighted by Gasteiger charge is 2.47. The van der Waals surface area contributed by atoms with Crippen LogP contribution in [0.25, 0.3) is 11.1 Å². The number of thioether (sulfide) groups is 1. The van der Waals surface area contributed by atoms with Gasteiger partial charge in [0.25, 0.3) is 0 Å². The Morgan fingerprint density at radius 1 is 1.30 bits per heavy atom. The van der Waals surface area contributed by atoms with Gasteiger partial charge in [-0.2, -0.15) is 0 Å². The molecule has 0 aliphatic carbocycles. The van der Waals surface area contributed by atoms with Crippen LogP contribution in [0.15, 0.2) is 41.9 Å². The number of aromatic nitrogens is 2. The molecule has 0 N–H and O–H groups in total. The average molecular weight is 329 g/mol. The number of nitrogens with zero attached hydrogens (tertiary/aromatic N) is 3. The molecular formula is C17H16FN3OS. The van der Waals surface area contributed by atoms with E-state index in [4.69, 9.17) is 9.73 Å². The molecule has 118 valence electrons. The van der Waals surface area contributed by atoms with Crippen LogP contribution in [0, 0.1) is 11.7 Å². The third-order valence-corrected chi connectivity index (χ3v) is 5.58. The fourth-order valence-corrected chi connectivity index (χ4v) is 4.34. The first kappa shape index (κ1) is 14.8. The van der Waals surface area contributed by atoms with Crippen molar-refractivity contribution in [1.82, 2.24) is 9.97 Å². The van der Waals surface area contributed by atoms with Crippen molar-refractivity contribution in [3.8, 4) is 11.1 Å². The van der Waals surface area contributed by atoms with Crippen LogP contribution in [-0.4, -0.2) is 34.0 Å². The van der Waals surface area contributed by atoms with E-state index in [0.717, 1.165) is 16.4 Å². The van der Waals surface area contributed by atoms with E-state index < -0.39 is 5.54 Å². The van der Waals surface area contributed by atoms with Crippen molar-refractivity contribution in [3.63, 3.8) is 0 Å². The summed E-state index contributed by atoms with van der Waals surface area (Å²) in [6, 6.07) is 5.22. The maximum absolute atomic E-state index is 14.3. The SMILES string of the molecule is CC1=N[C@@]2(c3ccc(F)c(-c4cncnc4)c3)COC[C@H]2CS1. The van der Waals surface area contributed by atoms with E-state index in [-0.39, 0.29) is 5.82 Å². The average Bonchev–Trinajstić information content (AvgIpc) is 3.00. The van der Waals surface area contributed by atoms with Crippen LogP contribution < -0.4 is 0 Å². The monoisotopic (exact) mass is 329 g/mol. The molecule has 0 spiro atoms. The predicted molar refractivity (Wildman–Crippen MR) is 89.0 cm³/mol. The summed E-state index contributed by atoms with van der Waals surface area (Å²) in [5, 5.41) is 1.06. The largest absolute Gasteiger partial charge is 0.378 e. The lowest BCUT2D eigenvalue weighted by Gasteiger charge is -2.34. The molecule has 1 aromatic heterocycles. The van der Waals surface area contributed by atoms with Crippen molar-refractivity contribution in [2.24, 2.45) is 10.9 Å². The zero-order chi connectivity index (χ0) is 15.9. The molecule has 3 heterocycles. The van der Waals surface area contributed by atoms with Gasteiger partial charge >= 0.3 is 0 Å². The summed E-state index contributed by atoms with van der Waals surface area (Å²) in [4.78, 5) is 12.9. The highest BCUT2D eigenvalue weighted by atomic mass is 32.2. The zero-order valence-electron chi connectivity index (χ0n) is 12.7. The number of aliphatic imine (C=N–C) groups is 1. The first-order chi connectivity index (χ1) is 11.2. The van der Waals surface area contributed by atoms with Crippen molar-refractivity contribution >= 4 is 16.8 Å². The molecule has 1 saturated heterocycles. The quantitative estimate of drug-likeness (QED) is 0.848. The van der Waals surface area contributed by atoms with Gasteiger partial charge in [-0.1, -0.05) is 6.07 Å². The smallest absolute Gasteiger partial charge is 0.131 e. The highest BCUT2D eigenvalue weighted by Crippen LogP contribution is 2.45. The van der Waals surface area contributed by atoms with Crippen molar-refractivity contribution in [2.75, 3.05) is 19.0 Å². The number of hydrogen-bond acceptors (Lipinski definition) is 5. The van der Waals surface area contributed by atoms with E-state index in [2.05, 4.69) is 9.97 Å². The van der Waals surface area contributed by atoms with Gasteiger partial charge in [0.2, 0.25) is 0 Å². The lowest BCUT2D eigenvalue weighted by molar-refractivity contribution is 0.177. The maximum Gasteiger partial charge on any atom is 0.131 e. The summed E-state index contributed by atoms with van der Waals surface area (Å²) in [5.74, 6) is 1.03. The second-order valence-corrected chi connectivity index (χ2v) is 7.11. The summed E-state index contributed by atoms with van der Waals surface area (Å²) >= 11 is 1.77. The predicted octanol–water partition coefficient (Wildman–Crippen LogP) is 3.29. The normalized spacial score (nSPS) is 26.7. The van der Waals surface area contributed by atoms with E-state index in [0.29, 0.717) is 30.3 Å². The molecule has 23 heavy (non-hydrogen) atoms. The Kier molecular flexibility index (Phi) is 3.66. The highest BCUT2D eigenvalue weighted by molar-refractivity contribution is 8.13. The number of fused-ring (bicyclic) bond motifs is 1. The summed E-state index contributed by atoms with van der Waals surface area (Å²) in [6.07, 6.45) is 4.69. The molecule has 2 aromatic rings. The van der Waals surface area contributed by atoms with Gasteiger partial charge < -0.3 is 4.74 Å². The Morgan fingerprint density at radius 2 is 2.13 bits per heavy atom. The minimum Gasteiger partial charge on any atom is -0.378 e. The molecule has 2 aliphatic rings. The Labute approximate surface area is 138 Å². The molecule has 4 rings (SSSR count). The topological polar surface area (TPSA) is 47.4 Å². The standard InChI is InChI=1S/C17H16FN3OS/c1-11-21-17(9-22-7-14(17)8-23-11)13-2-3-16(18)15(4-13)12-5-19-10-20-6-12/h2-6,10,14H,7-9H2,1H3/t14-,17+/m0/s1. The minimum absolute atomic E-state index is 0.277. The second-order valence-electron chi connectivity index (χ2n) is 5.90. The molecule has 0 unspecified atom stereocenters. The first-order valence-corrected chi connectivity index (χ1v) is 8.50. The van der Waals surface area contributed by atoms with E-state index in [1.807, 2.05) is 19.1 Å².